The Labute approximate surface area is 105 Å². The van der Waals surface area contributed by atoms with Crippen molar-refractivity contribution in [1.82, 2.24) is 4.90 Å². The molecule has 1 fully saturated rings. The monoisotopic (exact) mass is 247 g/mol. The molecule has 16 heavy (non-hydrogen) atoms. The van der Waals surface area contributed by atoms with Crippen LogP contribution in [0.15, 0.2) is 0 Å². The van der Waals surface area contributed by atoms with Gasteiger partial charge in [0.15, 0.2) is 0 Å². The highest BCUT2D eigenvalue weighted by Crippen LogP contribution is 2.17. The van der Waals surface area contributed by atoms with Crippen LogP contribution in [0.2, 0.25) is 0 Å². The first-order valence-electron chi connectivity index (χ1n) is 6.73. The molecule has 0 saturated carbocycles. The maximum absolute atomic E-state index is 5.89. The fraction of sp³-hybridized carbons (Fsp3) is 1.00. The SMILES string of the molecule is CCC(CC)N(CCCl)CC1CCCCO1. The molecule has 1 unspecified atom stereocenters. The second-order valence-electron chi connectivity index (χ2n) is 4.64. The summed E-state index contributed by atoms with van der Waals surface area (Å²) in [4.78, 5) is 2.52. The van der Waals surface area contributed by atoms with Gasteiger partial charge in [-0.15, -0.1) is 11.6 Å². The van der Waals surface area contributed by atoms with E-state index in [0.29, 0.717) is 12.1 Å². The van der Waals surface area contributed by atoms with Crippen LogP contribution in [0.3, 0.4) is 0 Å². The second-order valence-corrected chi connectivity index (χ2v) is 5.02. The molecule has 0 radical (unpaired) electrons. The summed E-state index contributed by atoms with van der Waals surface area (Å²) >= 11 is 5.89. The zero-order valence-electron chi connectivity index (χ0n) is 10.8. The van der Waals surface area contributed by atoms with Gasteiger partial charge in [-0.1, -0.05) is 13.8 Å². The third-order valence-electron chi connectivity index (χ3n) is 3.54. The minimum Gasteiger partial charge on any atom is -0.377 e. The molecule has 1 saturated heterocycles. The van der Waals surface area contributed by atoms with Gasteiger partial charge in [-0.25, -0.2) is 0 Å². The first-order valence-corrected chi connectivity index (χ1v) is 7.26. The van der Waals surface area contributed by atoms with Crippen LogP contribution in [0.4, 0.5) is 0 Å². The Kier molecular flexibility index (Phi) is 7.42. The number of hydrogen-bond donors (Lipinski definition) is 0. The maximum atomic E-state index is 5.89. The highest BCUT2D eigenvalue weighted by molar-refractivity contribution is 6.18. The van der Waals surface area contributed by atoms with E-state index >= 15 is 0 Å². The maximum Gasteiger partial charge on any atom is 0.0702 e. The Morgan fingerprint density at radius 3 is 2.56 bits per heavy atom. The number of ether oxygens (including phenoxy) is 1. The molecule has 1 aliphatic heterocycles. The first kappa shape index (κ1) is 14.3. The molecule has 1 atom stereocenters. The molecule has 3 heteroatoms. The van der Waals surface area contributed by atoms with E-state index in [0.717, 1.165) is 25.6 Å². The van der Waals surface area contributed by atoms with Gasteiger partial charge < -0.3 is 4.74 Å². The van der Waals surface area contributed by atoms with Crippen LogP contribution in [-0.2, 0) is 4.74 Å². The molecule has 0 amide bonds. The predicted octanol–water partition coefficient (Wildman–Crippen LogP) is 3.28. The van der Waals surface area contributed by atoms with E-state index < -0.39 is 0 Å². The van der Waals surface area contributed by atoms with Gasteiger partial charge >= 0.3 is 0 Å². The Balaban J connectivity index is 2.41. The molecule has 0 N–H and O–H groups in total. The van der Waals surface area contributed by atoms with Crippen molar-refractivity contribution in [3.05, 3.63) is 0 Å². The number of hydrogen-bond acceptors (Lipinski definition) is 2. The molecule has 0 bridgehead atoms. The summed E-state index contributed by atoms with van der Waals surface area (Å²) in [5.74, 6) is 0.725. The van der Waals surface area contributed by atoms with Crippen molar-refractivity contribution in [3.8, 4) is 0 Å². The minimum atomic E-state index is 0.442. The fourth-order valence-electron chi connectivity index (χ4n) is 2.55. The third-order valence-corrected chi connectivity index (χ3v) is 3.71. The van der Waals surface area contributed by atoms with Crippen LogP contribution in [0.25, 0.3) is 0 Å². The van der Waals surface area contributed by atoms with E-state index in [2.05, 4.69) is 18.7 Å². The Bertz CT molecular complexity index is 167. The fourth-order valence-corrected chi connectivity index (χ4v) is 2.77. The highest BCUT2D eigenvalue weighted by atomic mass is 35.5. The molecule has 0 aromatic heterocycles. The molecule has 2 nitrogen and oxygen atoms in total. The zero-order valence-corrected chi connectivity index (χ0v) is 11.5. The Hall–Kier alpha value is 0.210. The van der Waals surface area contributed by atoms with Crippen molar-refractivity contribution in [2.45, 2.75) is 58.1 Å². The quantitative estimate of drug-likeness (QED) is 0.641. The predicted molar refractivity (Wildman–Crippen MR) is 70.3 cm³/mol. The lowest BCUT2D eigenvalue weighted by Gasteiger charge is -2.34. The lowest BCUT2D eigenvalue weighted by atomic mass is 10.1. The molecule has 96 valence electrons. The van der Waals surface area contributed by atoms with Crippen LogP contribution in [0.5, 0.6) is 0 Å². The van der Waals surface area contributed by atoms with E-state index in [-0.39, 0.29) is 0 Å². The highest BCUT2D eigenvalue weighted by Gasteiger charge is 2.21. The van der Waals surface area contributed by atoms with E-state index in [1.165, 1.54) is 32.1 Å². The van der Waals surface area contributed by atoms with E-state index in [1.54, 1.807) is 0 Å². The molecule has 0 spiro atoms. The number of rotatable bonds is 7. The van der Waals surface area contributed by atoms with Crippen molar-refractivity contribution >= 4 is 11.6 Å². The van der Waals surface area contributed by atoms with Crippen LogP contribution >= 0.6 is 11.6 Å². The molecule has 1 rings (SSSR count). The molecule has 1 heterocycles. The average Bonchev–Trinajstić information content (AvgIpc) is 2.32. The molecular weight excluding hydrogens is 222 g/mol. The lowest BCUT2D eigenvalue weighted by Crippen LogP contribution is -2.42. The summed E-state index contributed by atoms with van der Waals surface area (Å²) in [6, 6.07) is 0.671. The number of alkyl halides is 1. The summed E-state index contributed by atoms with van der Waals surface area (Å²) in [6.45, 7) is 7.53. The molecular formula is C13H26ClNO. The molecule has 0 aromatic carbocycles. The number of halogens is 1. The van der Waals surface area contributed by atoms with Gasteiger partial charge in [0.05, 0.1) is 6.10 Å². The largest absolute Gasteiger partial charge is 0.377 e. The minimum absolute atomic E-state index is 0.442. The Morgan fingerprint density at radius 1 is 1.31 bits per heavy atom. The van der Waals surface area contributed by atoms with Crippen molar-refractivity contribution in [1.29, 1.82) is 0 Å². The van der Waals surface area contributed by atoms with Crippen molar-refractivity contribution in [2.24, 2.45) is 0 Å². The van der Waals surface area contributed by atoms with E-state index in [1.807, 2.05) is 0 Å². The molecule has 1 aliphatic rings. The van der Waals surface area contributed by atoms with Crippen LogP contribution in [0.1, 0.15) is 46.0 Å². The van der Waals surface area contributed by atoms with Crippen LogP contribution in [0, 0.1) is 0 Å². The summed E-state index contributed by atoms with van der Waals surface area (Å²) < 4.78 is 5.81. The summed E-state index contributed by atoms with van der Waals surface area (Å²) in [6.07, 6.45) is 6.64. The van der Waals surface area contributed by atoms with Gasteiger partial charge in [0.2, 0.25) is 0 Å². The van der Waals surface area contributed by atoms with Gasteiger partial charge in [0.25, 0.3) is 0 Å². The third kappa shape index (κ3) is 4.60. The smallest absolute Gasteiger partial charge is 0.0702 e. The van der Waals surface area contributed by atoms with Gasteiger partial charge in [-0.05, 0) is 32.1 Å². The summed E-state index contributed by atoms with van der Waals surface area (Å²) in [5.41, 5.74) is 0. The van der Waals surface area contributed by atoms with Gasteiger partial charge in [-0.3, -0.25) is 4.90 Å². The van der Waals surface area contributed by atoms with Gasteiger partial charge in [-0.2, -0.15) is 0 Å². The van der Waals surface area contributed by atoms with Crippen molar-refractivity contribution in [2.75, 3.05) is 25.6 Å². The van der Waals surface area contributed by atoms with Crippen LogP contribution in [-0.4, -0.2) is 42.6 Å². The molecule has 0 aromatic rings. The van der Waals surface area contributed by atoms with Gasteiger partial charge in [0, 0.05) is 31.6 Å². The molecule has 0 aliphatic carbocycles. The normalized spacial score (nSPS) is 21.9. The van der Waals surface area contributed by atoms with E-state index in [9.17, 15) is 0 Å². The summed E-state index contributed by atoms with van der Waals surface area (Å²) in [5, 5.41) is 0. The van der Waals surface area contributed by atoms with Crippen molar-refractivity contribution in [3.63, 3.8) is 0 Å². The first-order chi connectivity index (χ1) is 7.81. The zero-order chi connectivity index (χ0) is 11.8. The lowest BCUT2D eigenvalue weighted by molar-refractivity contribution is -0.0132. The van der Waals surface area contributed by atoms with Crippen molar-refractivity contribution < 1.29 is 4.74 Å². The average molecular weight is 248 g/mol. The second kappa shape index (κ2) is 8.32. The number of nitrogens with zero attached hydrogens (tertiary/aromatic N) is 1. The van der Waals surface area contributed by atoms with E-state index in [4.69, 9.17) is 16.3 Å². The Morgan fingerprint density at radius 2 is 2.06 bits per heavy atom. The van der Waals surface area contributed by atoms with Crippen LogP contribution < -0.4 is 0 Å². The summed E-state index contributed by atoms with van der Waals surface area (Å²) in [7, 11) is 0. The topological polar surface area (TPSA) is 12.5 Å². The standard InChI is InChI=1S/C13H26ClNO/c1-3-12(4-2)15(9-8-14)11-13-7-5-6-10-16-13/h12-13H,3-11H2,1-2H3. The van der Waals surface area contributed by atoms with Gasteiger partial charge in [0.1, 0.15) is 0 Å².